The van der Waals surface area contributed by atoms with E-state index in [-0.39, 0.29) is 0 Å². The molecule has 0 aromatic carbocycles. The van der Waals surface area contributed by atoms with Crippen molar-refractivity contribution in [1.29, 1.82) is 0 Å². The molecule has 34 heavy (non-hydrogen) atoms. The highest BCUT2D eigenvalue weighted by Gasteiger charge is 2.35. The van der Waals surface area contributed by atoms with Crippen LogP contribution in [0, 0.1) is 0 Å². The van der Waals surface area contributed by atoms with Gasteiger partial charge in [0, 0.05) is 48.4 Å². The Balaban J connectivity index is 1.57. The number of nitrogens with one attached hydrogen (secondary N) is 2. The summed E-state index contributed by atoms with van der Waals surface area (Å²) in [5, 5.41) is 4.10. The van der Waals surface area contributed by atoms with Crippen molar-refractivity contribution in [2.24, 2.45) is 4.99 Å². The molecule has 0 aliphatic carbocycles. The topological polar surface area (TPSA) is 85.3 Å². The molecule has 0 unspecified atom stereocenters. The number of thioether (sulfide) groups is 1. The first-order chi connectivity index (χ1) is 16.4. The second kappa shape index (κ2) is 11.2. The number of rotatable bonds is 10. The molecule has 4 rings (SSSR count). The summed E-state index contributed by atoms with van der Waals surface area (Å²) in [5.41, 5.74) is 8.29. The normalized spacial score (nSPS) is 20.6. The number of amidine groups is 1. The Labute approximate surface area is 207 Å². The van der Waals surface area contributed by atoms with Crippen LogP contribution < -0.4 is 21.1 Å². The van der Waals surface area contributed by atoms with Gasteiger partial charge < -0.3 is 10.2 Å². The molecule has 1 aromatic heterocycles. The van der Waals surface area contributed by atoms with E-state index in [0.29, 0.717) is 17.0 Å². The molecule has 0 spiro atoms. The average molecular weight is 482 g/mol. The maximum atomic E-state index is 4.91. The second-order valence-electron chi connectivity index (χ2n) is 9.16. The molecule has 3 aliphatic rings. The summed E-state index contributed by atoms with van der Waals surface area (Å²) >= 11 is 1.54. The number of aromatic nitrogens is 2. The molecule has 0 amide bonds. The molecule has 0 saturated carbocycles. The maximum absolute atomic E-state index is 4.91. The van der Waals surface area contributed by atoms with E-state index in [9.17, 15) is 0 Å². The Morgan fingerprint density at radius 2 is 2.12 bits per heavy atom. The number of hydrogen-bond donors (Lipinski definition) is 3. The van der Waals surface area contributed by atoms with Crippen molar-refractivity contribution < 1.29 is 5.43 Å². The van der Waals surface area contributed by atoms with E-state index in [1.165, 1.54) is 19.5 Å². The Bertz CT molecular complexity index is 1030. The van der Waals surface area contributed by atoms with Crippen molar-refractivity contribution in [3.8, 4) is 0 Å². The lowest BCUT2D eigenvalue weighted by Crippen LogP contribution is -2.92. The Morgan fingerprint density at radius 3 is 2.74 bits per heavy atom. The van der Waals surface area contributed by atoms with Crippen LogP contribution in [0.3, 0.4) is 0 Å². The fraction of sp³-hybridized carbons (Fsp3) is 0.480. The summed E-state index contributed by atoms with van der Waals surface area (Å²) in [4.78, 5) is 20.4. The largest absolute Gasteiger partial charge is 0.389 e. The standard InChI is InChI=1S/C25H36N8S/c1-6-10-26-18(4)8-9-21(17(2)3)34-25-28-22(27-23-13-19(5)30-31-23)14-24(29-25)33-15-20(16-33)32-11-7-12-32/h8-9,13-14,20,26H,2,6-7,10-12,15-16H2,1,3-5H3,(H2,27,28,29,30,31)/p+1/b18-8+,21-9+. The third-order valence-corrected chi connectivity index (χ3v) is 7.16. The molecule has 2 fully saturated rings. The van der Waals surface area contributed by atoms with Crippen molar-refractivity contribution in [2.75, 3.05) is 37.6 Å². The Morgan fingerprint density at radius 1 is 1.32 bits per heavy atom. The highest BCUT2D eigenvalue weighted by atomic mass is 32.2. The van der Waals surface area contributed by atoms with E-state index in [2.05, 4.69) is 53.1 Å². The Hall–Kier alpha value is -2.62. The lowest BCUT2D eigenvalue weighted by molar-refractivity contribution is -0.588. The van der Waals surface area contributed by atoms with Crippen LogP contribution in [0.25, 0.3) is 0 Å². The second-order valence-corrected chi connectivity index (χ2v) is 10.2. The average Bonchev–Trinajstić information content (AvgIpc) is 3.14. The fourth-order valence-corrected chi connectivity index (χ4v) is 4.66. The summed E-state index contributed by atoms with van der Waals surface area (Å²) < 4.78 is 0. The van der Waals surface area contributed by atoms with Crippen molar-refractivity contribution >= 4 is 29.2 Å². The summed E-state index contributed by atoms with van der Waals surface area (Å²) in [6, 6.07) is 2.64. The van der Waals surface area contributed by atoms with Gasteiger partial charge in [0.05, 0.1) is 5.70 Å². The fourth-order valence-electron chi connectivity index (χ4n) is 3.88. The van der Waals surface area contributed by atoms with Crippen LogP contribution in [0.2, 0.25) is 0 Å². The summed E-state index contributed by atoms with van der Waals surface area (Å²) in [5.74, 6) is 2.49. The molecule has 8 nitrogen and oxygen atoms in total. The molecule has 2 saturated heterocycles. The third kappa shape index (κ3) is 6.28. The smallest absolute Gasteiger partial charge is 0.252 e. The number of quaternary nitrogens is 1. The van der Waals surface area contributed by atoms with Gasteiger partial charge in [0.2, 0.25) is 0 Å². The minimum Gasteiger partial charge on any atom is -0.389 e. The molecule has 4 heterocycles. The van der Waals surface area contributed by atoms with Gasteiger partial charge in [0.15, 0.2) is 11.0 Å². The number of nitrogens with zero attached hydrogens (tertiary/aromatic N) is 5. The predicted molar refractivity (Wildman–Crippen MR) is 141 cm³/mol. The SMILES string of the molecule is C=C(C)/C(=C\C=C(/C)NCCC)Sc1nc(/N=C2/C=C(C)N[NH2+]2)cc(N2CC(N3CCC3)C2)n1. The number of anilines is 1. The minimum absolute atomic E-state index is 0.641. The number of likely N-dealkylation sites (tertiary alicyclic amines) is 1. The first-order valence-electron chi connectivity index (χ1n) is 12.1. The van der Waals surface area contributed by atoms with Gasteiger partial charge in [-0.25, -0.2) is 15.4 Å². The molecule has 0 bridgehead atoms. The van der Waals surface area contributed by atoms with Crippen molar-refractivity contribution in [3.63, 3.8) is 0 Å². The summed E-state index contributed by atoms with van der Waals surface area (Å²) in [6.07, 6.45) is 8.63. The van der Waals surface area contributed by atoms with Gasteiger partial charge >= 0.3 is 0 Å². The summed E-state index contributed by atoms with van der Waals surface area (Å²) in [6.45, 7) is 17.9. The quantitative estimate of drug-likeness (QED) is 0.205. The van der Waals surface area contributed by atoms with Crippen LogP contribution >= 0.6 is 11.8 Å². The highest BCUT2D eigenvalue weighted by molar-refractivity contribution is 8.03. The molecule has 0 radical (unpaired) electrons. The third-order valence-electron chi connectivity index (χ3n) is 6.09. The molecular formula is C25H37N8S+. The zero-order valence-corrected chi connectivity index (χ0v) is 21.6. The lowest BCUT2D eigenvalue weighted by atomic mass is 10.0. The Kier molecular flexibility index (Phi) is 8.07. The van der Waals surface area contributed by atoms with Gasteiger partial charge in [0.25, 0.3) is 5.84 Å². The van der Waals surface area contributed by atoms with Crippen molar-refractivity contribution in [2.45, 2.75) is 51.7 Å². The van der Waals surface area contributed by atoms with Crippen LogP contribution in [-0.4, -0.2) is 59.5 Å². The molecular weight excluding hydrogens is 444 g/mol. The van der Waals surface area contributed by atoms with E-state index >= 15 is 0 Å². The van der Waals surface area contributed by atoms with E-state index < -0.39 is 0 Å². The van der Waals surface area contributed by atoms with Gasteiger partial charge in [-0.3, -0.25) is 4.90 Å². The number of allylic oxidation sites excluding steroid dienone is 5. The molecule has 182 valence electrons. The van der Waals surface area contributed by atoms with Crippen LogP contribution in [0.4, 0.5) is 11.6 Å². The molecule has 1 aromatic rings. The molecule has 3 aliphatic heterocycles. The number of hydrogen-bond acceptors (Lipinski definition) is 8. The minimum atomic E-state index is 0.641. The van der Waals surface area contributed by atoms with Crippen LogP contribution in [-0.2, 0) is 0 Å². The summed E-state index contributed by atoms with van der Waals surface area (Å²) in [7, 11) is 0. The van der Waals surface area contributed by atoms with Crippen LogP contribution in [0.5, 0.6) is 0 Å². The van der Waals surface area contributed by atoms with E-state index in [1.54, 1.807) is 11.8 Å². The van der Waals surface area contributed by atoms with Crippen molar-refractivity contribution in [1.82, 2.24) is 25.6 Å². The maximum Gasteiger partial charge on any atom is 0.252 e. The number of nitrogens with two attached hydrogens (primary N) is 1. The highest BCUT2D eigenvalue weighted by Crippen LogP contribution is 2.33. The van der Waals surface area contributed by atoms with Gasteiger partial charge in [-0.05, 0) is 76.2 Å². The number of aliphatic imine (C=N–C) groups is 1. The molecule has 4 N–H and O–H groups in total. The first kappa shape index (κ1) is 24.5. The first-order valence-corrected chi connectivity index (χ1v) is 12.9. The van der Waals surface area contributed by atoms with Crippen LogP contribution in [0.1, 0.15) is 40.5 Å². The monoisotopic (exact) mass is 481 g/mol. The van der Waals surface area contributed by atoms with Gasteiger partial charge in [-0.2, -0.15) is 10.4 Å². The van der Waals surface area contributed by atoms with Gasteiger partial charge in [0.1, 0.15) is 5.82 Å². The zero-order valence-electron chi connectivity index (χ0n) is 20.8. The van der Waals surface area contributed by atoms with Crippen LogP contribution in [0.15, 0.2) is 62.9 Å². The molecule has 9 heteroatoms. The lowest BCUT2D eigenvalue weighted by Gasteiger charge is -2.49. The van der Waals surface area contributed by atoms with Gasteiger partial charge in [-0.1, -0.05) is 13.5 Å². The van der Waals surface area contributed by atoms with Gasteiger partial charge in [-0.15, -0.1) is 0 Å². The zero-order chi connectivity index (χ0) is 24.1. The predicted octanol–water partition coefficient (Wildman–Crippen LogP) is 2.84. The molecule has 0 atom stereocenters. The van der Waals surface area contributed by atoms with Crippen molar-refractivity contribution in [3.05, 3.63) is 52.7 Å². The van der Waals surface area contributed by atoms with E-state index in [4.69, 9.17) is 15.0 Å². The van der Waals surface area contributed by atoms with E-state index in [0.717, 1.165) is 59.6 Å². The van der Waals surface area contributed by atoms with E-state index in [1.807, 2.05) is 31.4 Å².